The molecule has 2 unspecified atom stereocenters. The Kier molecular flexibility index (Phi) is 12.1. The lowest BCUT2D eigenvalue weighted by atomic mass is 10.2. The molecule has 2 N–H and O–H groups in total. The Morgan fingerprint density at radius 3 is 1.62 bits per heavy atom. The van der Waals surface area contributed by atoms with Gasteiger partial charge in [-0.2, -0.15) is 23.5 Å². The average molecular weight is 537 g/mol. The molecule has 3 aromatic carbocycles. The molecule has 37 heavy (non-hydrogen) atoms. The summed E-state index contributed by atoms with van der Waals surface area (Å²) < 4.78 is 5.53. The first-order valence-electron chi connectivity index (χ1n) is 12.0. The molecule has 0 fully saturated rings. The number of amides is 2. The van der Waals surface area contributed by atoms with Crippen molar-refractivity contribution in [3.05, 3.63) is 108 Å². The van der Waals surface area contributed by atoms with Crippen molar-refractivity contribution in [1.82, 2.24) is 10.6 Å². The van der Waals surface area contributed by atoms with Crippen molar-refractivity contribution in [2.45, 2.75) is 37.1 Å². The molecule has 2 amide bonds. The van der Waals surface area contributed by atoms with E-state index in [0.29, 0.717) is 23.0 Å². The van der Waals surface area contributed by atoms with Crippen LogP contribution in [0.3, 0.4) is 0 Å². The van der Waals surface area contributed by atoms with Gasteiger partial charge in [0.05, 0.1) is 0 Å². The number of hydrogen-bond donors (Lipinski definition) is 2. The summed E-state index contributed by atoms with van der Waals surface area (Å²) in [6.45, 7) is 1.50. The summed E-state index contributed by atoms with van der Waals surface area (Å²) in [4.78, 5) is 38.0. The van der Waals surface area contributed by atoms with E-state index in [2.05, 4.69) is 10.6 Å². The van der Waals surface area contributed by atoms with E-state index in [1.165, 1.54) is 18.7 Å². The second kappa shape index (κ2) is 15.8. The van der Waals surface area contributed by atoms with Crippen LogP contribution in [-0.2, 0) is 37.2 Å². The van der Waals surface area contributed by atoms with Gasteiger partial charge in [-0.05, 0) is 16.7 Å². The van der Waals surface area contributed by atoms with Crippen LogP contribution in [0.25, 0.3) is 0 Å². The van der Waals surface area contributed by atoms with Crippen LogP contribution in [0.4, 0.5) is 0 Å². The fourth-order valence-corrected chi connectivity index (χ4v) is 5.45. The first-order chi connectivity index (χ1) is 18.0. The van der Waals surface area contributed by atoms with Crippen LogP contribution in [0.2, 0.25) is 0 Å². The fourth-order valence-electron chi connectivity index (χ4n) is 3.44. The Morgan fingerprint density at radius 1 is 0.676 bits per heavy atom. The molecule has 0 aliphatic carbocycles. The zero-order valence-electron chi connectivity index (χ0n) is 20.8. The molecule has 3 aromatic rings. The minimum absolute atomic E-state index is 0.122. The summed E-state index contributed by atoms with van der Waals surface area (Å²) in [6.07, 6.45) is 0. The number of thioether (sulfide) groups is 2. The second-order valence-corrected chi connectivity index (χ2v) is 10.5. The maximum absolute atomic E-state index is 13.2. The van der Waals surface area contributed by atoms with Gasteiger partial charge in [-0.15, -0.1) is 0 Å². The summed E-state index contributed by atoms with van der Waals surface area (Å²) in [5, 5.41) is 5.55. The number of ether oxygens (including phenoxy) is 1. The van der Waals surface area contributed by atoms with Gasteiger partial charge in [0.2, 0.25) is 11.8 Å². The number of carbonyl (C=O) groups is 3. The van der Waals surface area contributed by atoms with Crippen molar-refractivity contribution < 1.29 is 19.1 Å². The fraction of sp³-hybridized carbons (Fsp3) is 0.276. The van der Waals surface area contributed by atoms with Crippen molar-refractivity contribution >= 4 is 41.3 Å². The Balaban J connectivity index is 1.61. The highest BCUT2D eigenvalue weighted by Gasteiger charge is 2.27. The molecular formula is C29H32N2O4S2. The molecular weight excluding hydrogens is 504 g/mol. The molecule has 2 atom stereocenters. The highest BCUT2D eigenvalue weighted by Crippen LogP contribution is 2.16. The van der Waals surface area contributed by atoms with E-state index in [9.17, 15) is 14.4 Å². The SMILES string of the molecule is CC(=O)NC(CSCc1ccccc1)C(=O)NC(CSCc1ccccc1)C(=O)OCc1ccccc1. The minimum atomic E-state index is -0.847. The summed E-state index contributed by atoms with van der Waals surface area (Å²) in [6, 6.07) is 27.6. The van der Waals surface area contributed by atoms with Gasteiger partial charge in [0.25, 0.3) is 0 Å². The van der Waals surface area contributed by atoms with Gasteiger partial charge in [0.15, 0.2) is 0 Å². The predicted octanol–water partition coefficient (Wildman–Crippen LogP) is 4.59. The van der Waals surface area contributed by atoms with Crippen LogP contribution in [0, 0.1) is 0 Å². The summed E-state index contributed by atoms with van der Waals surface area (Å²) in [7, 11) is 0. The number of hydrogen-bond acceptors (Lipinski definition) is 6. The third kappa shape index (κ3) is 10.7. The molecule has 0 saturated carbocycles. The lowest BCUT2D eigenvalue weighted by Crippen LogP contribution is -2.53. The largest absolute Gasteiger partial charge is 0.459 e. The van der Waals surface area contributed by atoms with E-state index in [4.69, 9.17) is 4.74 Å². The number of esters is 1. The zero-order chi connectivity index (χ0) is 26.3. The first kappa shape index (κ1) is 28.3. The first-order valence-corrected chi connectivity index (χ1v) is 14.3. The van der Waals surface area contributed by atoms with Gasteiger partial charge in [-0.25, -0.2) is 4.79 Å². The smallest absolute Gasteiger partial charge is 0.329 e. The third-order valence-electron chi connectivity index (χ3n) is 5.31. The van der Waals surface area contributed by atoms with Crippen molar-refractivity contribution in [2.75, 3.05) is 11.5 Å². The molecule has 0 aliphatic heterocycles. The summed E-state index contributed by atoms with van der Waals surface area (Å²) in [5.41, 5.74) is 3.13. The Hall–Kier alpha value is -3.23. The van der Waals surface area contributed by atoms with Crippen molar-refractivity contribution in [2.24, 2.45) is 0 Å². The number of carbonyl (C=O) groups excluding carboxylic acids is 3. The molecule has 3 rings (SSSR count). The van der Waals surface area contributed by atoms with E-state index in [1.807, 2.05) is 91.0 Å². The molecule has 0 radical (unpaired) electrons. The van der Waals surface area contributed by atoms with Crippen molar-refractivity contribution in [3.63, 3.8) is 0 Å². The second-order valence-electron chi connectivity index (χ2n) is 8.41. The lowest BCUT2D eigenvalue weighted by Gasteiger charge is -2.22. The predicted molar refractivity (Wildman–Crippen MR) is 151 cm³/mol. The van der Waals surface area contributed by atoms with Gasteiger partial charge < -0.3 is 15.4 Å². The zero-order valence-corrected chi connectivity index (χ0v) is 22.4. The number of rotatable bonds is 14. The standard InChI is InChI=1S/C29H32N2O4S2/c1-22(32)30-26(20-36-18-24-13-7-3-8-14-24)28(33)31-27(21-37-19-25-15-9-4-10-16-25)29(34)35-17-23-11-5-2-6-12-23/h2-16,26-27H,17-21H2,1H3,(H,30,32)(H,31,33). The van der Waals surface area contributed by atoms with E-state index >= 15 is 0 Å². The highest BCUT2D eigenvalue weighted by atomic mass is 32.2. The molecule has 0 aromatic heterocycles. The van der Waals surface area contributed by atoms with Crippen LogP contribution in [0.5, 0.6) is 0 Å². The molecule has 0 saturated heterocycles. The van der Waals surface area contributed by atoms with Gasteiger partial charge >= 0.3 is 5.97 Å². The molecule has 0 spiro atoms. The van der Waals surface area contributed by atoms with Crippen LogP contribution in [-0.4, -0.2) is 41.4 Å². The molecule has 0 aliphatic rings. The summed E-state index contributed by atoms with van der Waals surface area (Å²) >= 11 is 3.09. The molecule has 6 nitrogen and oxygen atoms in total. The van der Waals surface area contributed by atoms with Gasteiger partial charge in [0, 0.05) is 29.9 Å². The van der Waals surface area contributed by atoms with E-state index < -0.39 is 24.0 Å². The number of nitrogens with one attached hydrogen (secondary N) is 2. The van der Waals surface area contributed by atoms with Gasteiger partial charge in [0.1, 0.15) is 18.7 Å². The maximum Gasteiger partial charge on any atom is 0.329 e. The van der Waals surface area contributed by atoms with Crippen LogP contribution < -0.4 is 10.6 Å². The minimum Gasteiger partial charge on any atom is -0.459 e. The molecule has 0 bridgehead atoms. The van der Waals surface area contributed by atoms with Crippen LogP contribution in [0.15, 0.2) is 91.0 Å². The van der Waals surface area contributed by atoms with Crippen molar-refractivity contribution in [1.29, 1.82) is 0 Å². The van der Waals surface area contributed by atoms with E-state index in [-0.39, 0.29) is 12.5 Å². The number of benzene rings is 3. The lowest BCUT2D eigenvalue weighted by molar-refractivity contribution is -0.148. The third-order valence-corrected chi connectivity index (χ3v) is 7.52. The average Bonchev–Trinajstić information content (AvgIpc) is 2.92. The van der Waals surface area contributed by atoms with E-state index in [0.717, 1.165) is 16.7 Å². The Bertz CT molecular complexity index is 1110. The molecule has 194 valence electrons. The Labute approximate surface area is 227 Å². The quantitative estimate of drug-likeness (QED) is 0.293. The maximum atomic E-state index is 13.2. The Morgan fingerprint density at radius 2 is 1.14 bits per heavy atom. The van der Waals surface area contributed by atoms with Crippen LogP contribution in [0.1, 0.15) is 23.6 Å². The highest BCUT2D eigenvalue weighted by molar-refractivity contribution is 7.98. The van der Waals surface area contributed by atoms with Gasteiger partial charge in [-0.1, -0.05) is 91.0 Å². The normalized spacial score (nSPS) is 12.2. The topological polar surface area (TPSA) is 84.5 Å². The van der Waals surface area contributed by atoms with E-state index in [1.54, 1.807) is 11.8 Å². The van der Waals surface area contributed by atoms with Gasteiger partial charge in [-0.3, -0.25) is 9.59 Å². The van der Waals surface area contributed by atoms with Crippen molar-refractivity contribution in [3.8, 4) is 0 Å². The molecule has 0 heterocycles. The molecule has 8 heteroatoms. The van der Waals surface area contributed by atoms with Crippen LogP contribution >= 0.6 is 23.5 Å². The monoisotopic (exact) mass is 536 g/mol. The summed E-state index contributed by atoms with van der Waals surface area (Å²) in [5.74, 6) is 0.915.